The summed E-state index contributed by atoms with van der Waals surface area (Å²) in [4.78, 5) is 0. The van der Waals surface area contributed by atoms with Crippen molar-refractivity contribution in [2.24, 2.45) is 5.92 Å². The first-order valence-corrected chi connectivity index (χ1v) is 7.55. The molecule has 19 heavy (non-hydrogen) atoms. The number of hydrogen-bond acceptors (Lipinski definition) is 3. The Labute approximate surface area is 117 Å². The maximum Gasteiger partial charge on any atom is 0.0640 e. The van der Waals surface area contributed by atoms with Crippen LogP contribution >= 0.6 is 0 Å². The molecule has 0 atom stereocenters. The summed E-state index contributed by atoms with van der Waals surface area (Å²) < 4.78 is 1.78. The molecule has 4 nitrogen and oxygen atoms in total. The first-order valence-electron chi connectivity index (χ1n) is 7.55. The normalized spacial score (nSPS) is 11.4. The smallest absolute Gasteiger partial charge is 0.0640 e. The summed E-state index contributed by atoms with van der Waals surface area (Å²) in [6, 6.07) is 0. The molecule has 0 aliphatic rings. The molecule has 1 aromatic rings. The van der Waals surface area contributed by atoms with Crippen molar-refractivity contribution in [3.05, 3.63) is 18.0 Å². The number of hydrogen-bond donors (Lipinski definition) is 2. The van der Waals surface area contributed by atoms with E-state index in [-0.39, 0.29) is 6.61 Å². The van der Waals surface area contributed by atoms with E-state index in [9.17, 15) is 0 Å². The van der Waals surface area contributed by atoms with Gasteiger partial charge in [-0.1, -0.05) is 39.5 Å². The van der Waals surface area contributed by atoms with Gasteiger partial charge in [-0.25, -0.2) is 0 Å². The number of aliphatic hydroxyl groups is 1. The zero-order valence-electron chi connectivity index (χ0n) is 12.4. The minimum absolute atomic E-state index is 0.144. The lowest BCUT2D eigenvalue weighted by Crippen LogP contribution is -2.14. The van der Waals surface area contributed by atoms with Crippen LogP contribution in [0.4, 0.5) is 0 Å². The van der Waals surface area contributed by atoms with Gasteiger partial charge in [0, 0.05) is 18.3 Å². The predicted octanol–water partition coefficient (Wildman–Crippen LogP) is 2.57. The molecule has 4 heteroatoms. The highest BCUT2D eigenvalue weighted by Crippen LogP contribution is 2.09. The second-order valence-electron chi connectivity index (χ2n) is 5.61. The van der Waals surface area contributed by atoms with Gasteiger partial charge in [0.25, 0.3) is 0 Å². The Morgan fingerprint density at radius 1 is 1.26 bits per heavy atom. The molecule has 0 aliphatic heterocycles. The second-order valence-corrected chi connectivity index (χ2v) is 5.61. The minimum Gasteiger partial charge on any atom is -0.394 e. The number of unbranched alkanes of at least 4 members (excludes halogenated alkanes) is 3. The Hall–Kier alpha value is -0.870. The predicted molar refractivity (Wildman–Crippen MR) is 78.9 cm³/mol. The SMILES string of the molecule is CC(C)CCCCCCNCc1cnn(CCO)c1. The lowest BCUT2D eigenvalue weighted by Gasteiger charge is -2.05. The molecule has 1 heterocycles. The molecule has 110 valence electrons. The Kier molecular flexibility index (Phi) is 8.50. The van der Waals surface area contributed by atoms with Crippen LogP contribution in [-0.2, 0) is 13.1 Å². The molecule has 1 aromatic heterocycles. The van der Waals surface area contributed by atoms with Crippen LogP contribution in [0, 0.1) is 5.92 Å². The van der Waals surface area contributed by atoms with Crippen LogP contribution in [0.5, 0.6) is 0 Å². The van der Waals surface area contributed by atoms with Crippen molar-refractivity contribution in [3.63, 3.8) is 0 Å². The molecule has 0 spiro atoms. The maximum absolute atomic E-state index is 8.80. The molecular formula is C15H29N3O. The van der Waals surface area contributed by atoms with Crippen molar-refractivity contribution in [1.29, 1.82) is 0 Å². The van der Waals surface area contributed by atoms with Crippen LogP contribution in [0.1, 0.15) is 51.5 Å². The zero-order chi connectivity index (χ0) is 13.9. The van der Waals surface area contributed by atoms with Gasteiger partial charge in [-0.2, -0.15) is 5.10 Å². The van der Waals surface area contributed by atoms with Crippen LogP contribution in [0.3, 0.4) is 0 Å². The Bertz CT molecular complexity index is 323. The summed E-state index contributed by atoms with van der Waals surface area (Å²) >= 11 is 0. The van der Waals surface area contributed by atoms with Crippen LogP contribution in [0.25, 0.3) is 0 Å². The van der Waals surface area contributed by atoms with Crippen molar-refractivity contribution in [3.8, 4) is 0 Å². The lowest BCUT2D eigenvalue weighted by atomic mass is 10.0. The maximum atomic E-state index is 8.80. The van der Waals surface area contributed by atoms with Crippen molar-refractivity contribution >= 4 is 0 Å². The Morgan fingerprint density at radius 3 is 2.79 bits per heavy atom. The summed E-state index contributed by atoms with van der Waals surface area (Å²) in [6.45, 7) is 7.25. The molecule has 0 saturated heterocycles. The molecule has 0 radical (unpaired) electrons. The molecule has 0 bridgehead atoms. The number of nitrogens with one attached hydrogen (secondary N) is 1. The molecule has 0 unspecified atom stereocenters. The van der Waals surface area contributed by atoms with Gasteiger partial charge < -0.3 is 10.4 Å². The highest BCUT2D eigenvalue weighted by molar-refractivity contribution is 5.03. The van der Waals surface area contributed by atoms with Crippen molar-refractivity contribution < 1.29 is 5.11 Å². The molecule has 2 N–H and O–H groups in total. The first-order chi connectivity index (χ1) is 9.22. The van der Waals surface area contributed by atoms with E-state index in [0.29, 0.717) is 6.54 Å². The highest BCUT2D eigenvalue weighted by atomic mass is 16.3. The quantitative estimate of drug-likeness (QED) is 0.606. The summed E-state index contributed by atoms with van der Waals surface area (Å²) in [5.74, 6) is 0.841. The highest BCUT2D eigenvalue weighted by Gasteiger charge is 1.98. The lowest BCUT2D eigenvalue weighted by molar-refractivity contribution is 0.269. The van der Waals surface area contributed by atoms with E-state index in [1.54, 1.807) is 4.68 Å². The topological polar surface area (TPSA) is 50.1 Å². The zero-order valence-corrected chi connectivity index (χ0v) is 12.4. The number of aromatic nitrogens is 2. The van der Waals surface area contributed by atoms with E-state index in [1.807, 2.05) is 12.4 Å². The summed E-state index contributed by atoms with van der Waals surface area (Å²) in [5, 5.41) is 16.4. The first kappa shape index (κ1) is 16.2. The van der Waals surface area contributed by atoms with E-state index in [0.717, 1.165) is 19.0 Å². The van der Waals surface area contributed by atoms with Crippen molar-refractivity contribution in [1.82, 2.24) is 15.1 Å². The third-order valence-corrected chi connectivity index (χ3v) is 3.23. The van der Waals surface area contributed by atoms with Gasteiger partial charge in [-0.3, -0.25) is 4.68 Å². The Morgan fingerprint density at radius 2 is 2.05 bits per heavy atom. The Balaban J connectivity index is 1.95. The standard InChI is InChI=1S/C15H29N3O/c1-14(2)7-5-3-4-6-8-16-11-15-12-17-18(13-15)9-10-19/h12-14,16,19H,3-11H2,1-2H3. The van der Waals surface area contributed by atoms with Crippen molar-refractivity contribution in [2.45, 2.75) is 59.0 Å². The average Bonchev–Trinajstić information content (AvgIpc) is 2.80. The molecule has 0 fully saturated rings. The summed E-state index contributed by atoms with van der Waals surface area (Å²) in [5.41, 5.74) is 1.19. The number of aliphatic hydroxyl groups excluding tert-OH is 1. The van der Waals surface area contributed by atoms with Crippen molar-refractivity contribution in [2.75, 3.05) is 13.2 Å². The molecule has 0 saturated carbocycles. The number of rotatable bonds is 11. The largest absolute Gasteiger partial charge is 0.394 e. The van der Waals surface area contributed by atoms with E-state index < -0.39 is 0 Å². The molecule has 0 aromatic carbocycles. The molecule has 0 aliphatic carbocycles. The van der Waals surface area contributed by atoms with Gasteiger partial charge in [0.15, 0.2) is 0 Å². The van der Waals surface area contributed by atoms with Gasteiger partial charge in [0.05, 0.1) is 19.3 Å². The van der Waals surface area contributed by atoms with E-state index in [1.165, 1.54) is 37.7 Å². The molecule has 1 rings (SSSR count). The van der Waals surface area contributed by atoms with Crippen LogP contribution < -0.4 is 5.32 Å². The fourth-order valence-corrected chi connectivity index (χ4v) is 2.11. The average molecular weight is 267 g/mol. The van der Waals surface area contributed by atoms with E-state index >= 15 is 0 Å². The van der Waals surface area contributed by atoms with Gasteiger partial charge in [0.2, 0.25) is 0 Å². The van der Waals surface area contributed by atoms with Gasteiger partial charge in [-0.05, 0) is 18.9 Å². The van der Waals surface area contributed by atoms with Gasteiger partial charge >= 0.3 is 0 Å². The monoisotopic (exact) mass is 267 g/mol. The third-order valence-electron chi connectivity index (χ3n) is 3.23. The fourth-order valence-electron chi connectivity index (χ4n) is 2.11. The molecule has 0 amide bonds. The second kappa shape index (κ2) is 9.98. The third kappa shape index (κ3) is 8.01. The van der Waals surface area contributed by atoms with Gasteiger partial charge in [-0.15, -0.1) is 0 Å². The van der Waals surface area contributed by atoms with E-state index in [4.69, 9.17) is 5.11 Å². The fraction of sp³-hybridized carbons (Fsp3) is 0.800. The summed E-state index contributed by atoms with van der Waals surface area (Å²) in [7, 11) is 0. The summed E-state index contributed by atoms with van der Waals surface area (Å²) in [6.07, 6.45) is 10.5. The number of nitrogens with zero attached hydrogens (tertiary/aromatic N) is 2. The molecular weight excluding hydrogens is 238 g/mol. The van der Waals surface area contributed by atoms with Crippen LogP contribution in [0.2, 0.25) is 0 Å². The minimum atomic E-state index is 0.144. The van der Waals surface area contributed by atoms with Crippen LogP contribution in [0.15, 0.2) is 12.4 Å². The van der Waals surface area contributed by atoms with E-state index in [2.05, 4.69) is 24.3 Å². The van der Waals surface area contributed by atoms with Crippen LogP contribution in [-0.4, -0.2) is 28.0 Å². The van der Waals surface area contributed by atoms with Gasteiger partial charge in [0.1, 0.15) is 0 Å².